The Morgan fingerprint density at radius 2 is 2.18 bits per heavy atom. The Morgan fingerprint density at radius 3 is 2.82 bits per heavy atom. The van der Waals surface area contributed by atoms with Crippen LogP contribution >= 0.6 is 15.9 Å². The molecule has 17 heavy (non-hydrogen) atoms. The fourth-order valence-electron chi connectivity index (χ4n) is 1.59. The molecule has 0 fully saturated rings. The van der Waals surface area contributed by atoms with Gasteiger partial charge in [0.2, 0.25) is 5.82 Å². The summed E-state index contributed by atoms with van der Waals surface area (Å²) in [5, 5.41) is 0.453. The number of aromatic nitrogens is 2. The highest BCUT2D eigenvalue weighted by molar-refractivity contribution is 9.10. The van der Waals surface area contributed by atoms with Crippen LogP contribution in [-0.2, 0) is 11.8 Å². The van der Waals surface area contributed by atoms with Crippen molar-refractivity contribution in [3.63, 3.8) is 0 Å². The van der Waals surface area contributed by atoms with Crippen molar-refractivity contribution >= 4 is 32.8 Å². The van der Waals surface area contributed by atoms with E-state index in [1.54, 1.807) is 25.2 Å². The first-order valence-corrected chi connectivity index (χ1v) is 5.58. The van der Waals surface area contributed by atoms with E-state index in [-0.39, 0.29) is 5.82 Å². The summed E-state index contributed by atoms with van der Waals surface area (Å²) in [4.78, 5) is 26.9. The Bertz CT molecular complexity index is 664. The lowest BCUT2D eigenvalue weighted by molar-refractivity contribution is 0.0581. The second-order valence-corrected chi connectivity index (χ2v) is 4.37. The van der Waals surface area contributed by atoms with Crippen LogP contribution in [0.3, 0.4) is 0 Å². The fraction of sp³-hybridized carbons (Fsp3) is 0.182. The summed E-state index contributed by atoms with van der Waals surface area (Å²) in [7, 11) is 2.91. The van der Waals surface area contributed by atoms with E-state index >= 15 is 0 Å². The monoisotopic (exact) mass is 296 g/mol. The quantitative estimate of drug-likeness (QED) is 0.748. The number of fused-ring (bicyclic) bond motifs is 1. The first-order chi connectivity index (χ1) is 8.04. The van der Waals surface area contributed by atoms with E-state index in [2.05, 4.69) is 25.7 Å². The Kier molecular flexibility index (Phi) is 2.97. The number of carbonyl (C=O) groups excluding carboxylic acids is 1. The minimum Gasteiger partial charge on any atom is -0.463 e. The molecule has 0 saturated carbocycles. The van der Waals surface area contributed by atoms with Crippen molar-refractivity contribution in [1.82, 2.24) is 9.55 Å². The summed E-state index contributed by atoms with van der Waals surface area (Å²) in [6, 6.07) is 5.21. The van der Waals surface area contributed by atoms with E-state index in [4.69, 9.17) is 0 Å². The van der Waals surface area contributed by atoms with Crippen LogP contribution in [0.25, 0.3) is 10.9 Å². The summed E-state index contributed by atoms with van der Waals surface area (Å²) in [5.41, 5.74) is 0.188. The zero-order valence-electron chi connectivity index (χ0n) is 9.23. The molecule has 1 aromatic carbocycles. The molecule has 6 heteroatoms. The van der Waals surface area contributed by atoms with Crippen LogP contribution in [0.15, 0.2) is 27.5 Å². The number of aryl methyl sites for hydroxylation is 1. The molecule has 0 radical (unpaired) electrons. The molecule has 0 bridgehead atoms. The van der Waals surface area contributed by atoms with Crippen LogP contribution in [-0.4, -0.2) is 22.6 Å². The highest BCUT2D eigenvalue weighted by Gasteiger charge is 2.15. The summed E-state index contributed by atoms with van der Waals surface area (Å²) < 4.78 is 6.90. The lowest BCUT2D eigenvalue weighted by atomic mass is 10.2. The third-order valence-corrected chi connectivity index (χ3v) is 2.94. The summed E-state index contributed by atoms with van der Waals surface area (Å²) in [6.45, 7) is 0. The number of halogens is 1. The normalized spacial score (nSPS) is 10.5. The molecule has 0 amide bonds. The van der Waals surface area contributed by atoms with Gasteiger partial charge in [-0.05, 0) is 18.2 Å². The van der Waals surface area contributed by atoms with Crippen molar-refractivity contribution in [2.24, 2.45) is 7.05 Å². The van der Waals surface area contributed by atoms with Crippen molar-refractivity contribution < 1.29 is 9.53 Å². The molecule has 0 spiro atoms. The van der Waals surface area contributed by atoms with Gasteiger partial charge in [0.1, 0.15) is 0 Å². The van der Waals surface area contributed by atoms with Gasteiger partial charge in [-0.2, -0.15) is 4.98 Å². The maximum atomic E-state index is 11.8. The van der Waals surface area contributed by atoms with E-state index in [0.717, 1.165) is 4.47 Å². The van der Waals surface area contributed by atoms with Crippen LogP contribution in [0.5, 0.6) is 0 Å². The number of methoxy groups -OCH3 is 1. The minimum absolute atomic E-state index is 0.00711. The van der Waals surface area contributed by atoms with Crippen molar-refractivity contribution in [2.45, 2.75) is 0 Å². The molecule has 0 N–H and O–H groups in total. The van der Waals surface area contributed by atoms with E-state index in [1.165, 1.54) is 11.7 Å². The summed E-state index contributed by atoms with van der Waals surface area (Å²) in [6.07, 6.45) is 0. The predicted octanol–water partition coefficient (Wildman–Crippen LogP) is 1.48. The van der Waals surface area contributed by atoms with Crippen LogP contribution < -0.4 is 5.56 Å². The molecule has 5 nitrogen and oxygen atoms in total. The lowest BCUT2D eigenvalue weighted by Crippen LogP contribution is -2.21. The summed E-state index contributed by atoms with van der Waals surface area (Å²) in [5.74, 6) is -0.637. The molecule has 2 rings (SSSR count). The number of ether oxygens (including phenoxy) is 1. The van der Waals surface area contributed by atoms with Crippen LogP contribution in [0.4, 0.5) is 0 Å². The van der Waals surface area contributed by atoms with Gasteiger partial charge in [-0.25, -0.2) is 4.79 Å². The number of hydrogen-bond acceptors (Lipinski definition) is 4. The molecule has 0 aliphatic rings. The zero-order chi connectivity index (χ0) is 12.6. The van der Waals surface area contributed by atoms with E-state index in [1.807, 2.05) is 0 Å². The van der Waals surface area contributed by atoms with Gasteiger partial charge in [0.15, 0.2) is 0 Å². The maximum absolute atomic E-state index is 11.8. The van der Waals surface area contributed by atoms with Gasteiger partial charge in [0.25, 0.3) is 5.56 Å². The third kappa shape index (κ3) is 1.95. The van der Waals surface area contributed by atoms with E-state index in [9.17, 15) is 9.59 Å². The Balaban J connectivity index is 2.86. The number of hydrogen-bond donors (Lipinski definition) is 0. The molecule has 0 saturated heterocycles. The minimum atomic E-state index is -0.630. The van der Waals surface area contributed by atoms with Gasteiger partial charge < -0.3 is 9.30 Å². The van der Waals surface area contributed by atoms with Gasteiger partial charge in [-0.15, -0.1) is 0 Å². The van der Waals surface area contributed by atoms with Gasteiger partial charge in [0.05, 0.1) is 18.0 Å². The third-order valence-electron chi connectivity index (χ3n) is 2.44. The number of nitrogens with zero attached hydrogens (tertiary/aromatic N) is 2. The molecule has 1 heterocycles. The molecule has 0 aliphatic heterocycles. The first-order valence-electron chi connectivity index (χ1n) is 4.79. The first kappa shape index (κ1) is 11.8. The molecule has 2 aromatic rings. The van der Waals surface area contributed by atoms with E-state index < -0.39 is 11.5 Å². The molecular weight excluding hydrogens is 288 g/mol. The highest BCUT2D eigenvalue weighted by atomic mass is 79.9. The second kappa shape index (κ2) is 4.29. The second-order valence-electron chi connectivity index (χ2n) is 3.45. The maximum Gasteiger partial charge on any atom is 0.374 e. The Labute approximate surface area is 105 Å². The molecule has 0 atom stereocenters. The zero-order valence-corrected chi connectivity index (χ0v) is 10.8. The van der Waals surface area contributed by atoms with E-state index in [0.29, 0.717) is 10.9 Å². The van der Waals surface area contributed by atoms with Crippen molar-refractivity contribution in [3.8, 4) is 0 Å². The Hall–Kier alpha value is -1.69. The van der Waals surface area contributed by atoms with Gasteiger partial charge >= 0.3 is 5.97 Å². The lowest BCUT2D eigenvalue weighted by Gasteiger charge is -2.09. The SMILES string of the molecule is COC(=O)c1nc(=O)c2cc(Br)ccc2n1C. The standard InChI is InChI=1S/C11H9BrN2O3/c1-14-8-4-3-6(12)5-7(8)10(15)13-9(14)11(16)17-2/h3-5H,1-2H3. The van der Waals surface area contributed by atoms with Gasteiger partial charge in [0, 0.05) is 11.5 Å². The molecule has 1 aromatic heterocycles. The van der Waals surface area contributed by atoms with Crippen LogP contribution in [0.1, 0.15) is 10.6 Å². The van der Waals surface area contributed by atoms with Crippen LogP contribution in [0, 0.1) is 0 Å². The topological polar surface area (TPSA) is 61.2 Å². The fourth-order valence-corrected chi connectivity index (χ4v) is 1.95. The molecule has 88 valence electrons. The number of carbonyl (C=O) groups is 1. The predicted molar refractivity (Wildman–Crippen MR) is 66.0 cm³/mol. The summed E-state index contributed by atoms with van der Waals surface area (Å²) >= 11 is 3.28. The van der Waals surface area contributed by atoms with Crippen molar-refractivity contribution in [1.29, 1.82) is 0 Å². The average molecular weight is 297 g/mol. The number of rotatable bonds is 1. The smallest absolute Gasteiger partial charge is 0.374 e. The Morgan fingerprint density at radius 1 is 1.47 bits per heavy atom. The van der Waals surface area contributed by atoms with Crippen LogP contribution in [0.2, 0.25) is 0 Å². The van der Waals surface area contributed by atoms with Crippen molar-refractivity contribution in [2.75, 3.05) is 7.11 Å². The average Bonchev–Trinajstić information content (AvgIpc) is 2.32. The largest absolute Gasteiger partial charge is 0.463 e. The molecule has 0 aliphatic carbocycles. The number of benzene rings is 1. The highest BCUT2D eigenvalue weighted by Crippen LogP contribution is 2.17. The van der Waals surface area contributed by atoms with Gasteiger partial charge in [-0.1, -0.05) is 15.9 Å². The van der Waals surface area contributed by atoms with Gasteiger partial charge in [-0.3, -0.25) is 4.79 Å². The molecular formula is C11H9BrN2O3. The number of esters is 1. The molecule has 0 unspecified atom stereocenters. The van der Waals surface area contributed by atoms with Crippen molar-refractivity contribution in [3.05, 3.63) is 38.9 Å².